The summed E-state index contributed by atoms with van der Waals surface area (Å²) < 4.78 is 43.2. The predicted octanol–water partition coefficient (Wildman–Crippen LogP) is -2.70. The lowest BCUT2D eigenvalue weighted by molar-refractivity contribution is -0.192. The number of alkyl carbamates (subject to hydrolysis) is 1. The van der Waals surface area contributed by atoms with E-state index in [9.17, 15) is 81.5 Å². The molecule has 106 heavy (non-hydrogen) atoms. The van der Waals surface area contributed by atoms with Gasteiger partial charge in [0.1, 0.15) is 60.0 Å². The summed E-state index contributed by atoms with van der Waals surface area (Å²) in [5.41, 5.74) is 15.4. The number of aliphatic hydroxyl groups excluding tert-OH is 4. The van der Waals surface area contributed by atoms with Gasteiger partial charge in [0.2, 0.25) is 65.0 Å². The molecule has 36 nitrogen and oxygen atoms in total. The lowest BCUT2D eigenvalue weighted by Crippen LogP contribution is -2.64. The number of alkyl halides is 3. The number of nitrogens with one attached hydrogen (secondary N) is 11. The topological polar surface area (TPSA) is 581 Å². The molecule has 3 rings (SSSR count). The molecule has 22 N–H and O–H groups in total. The fourth-order valence-corrected chi connectivity index (χ4v) is 10.9. The zero-order valence-corrected chi connectivity index (χ0v) is 61.6. The summed E-state index contributed by atoms with van der Waals surface area (Å²) in [7, 11) is 0. The number of ether oxygens (including phenoxy) is 2. The van der Waals surface area contributed by atoms with E-state index in [4.69, 9.17) is 36.6 Å². The van der Waals surface area contributed by atoms with Gasteiger partial charge in [-0.15, -0.1) is 0 Å². The van der Waals surface area contributed by atoms with Crippen molar-refractivity contribution in [2.45, 2.75) is 244 Å². The lowest BCUT2D eigenvalue weighted by atomic mass is 9.94. The number of nitrogens with zero attached hydrogens (tertiary/aromatic N) is 1. The maximum Gasteiger partial charge on any atom is 0.490 e. The van der Waals surface area contributed by atoms with E-state index in [2.05, 4.69) is 52.8 Å². The van der Waals surface area contributed by atoms with Crippen LogP contribution in [0.4, 0.5) is 18.0 Å². The average Bonchev–Trinajstić information content (AvgIpc) is 0.873. The summed E-state index contributed by atoms with van der Waals surface area (Å²) in [6.45, 7) is 16.6. The summed E-state index contributed by atoms with van der Waals surface area (Å²) in [5, 5.41) is 78.5. The number of aliphatic imine (C=N–C) groups is 1. The number of aliphatic hydroxyl groups is 4. The van der Waals surface area contributed by atoms with Crippen molar-refractivity contribution in [3.63, 3.8) is 0 Å². The second-order valence-electron chi connectivity index (χ2n) is 28.2. The number of hydrogen-bond acceptors (Lipinski definition) is 21. The number of aliphatic carboxylic acids is 1. The van der Waals surface area contributed by atoms with Crippen LogP contribution in [0.25, 0.3) is 0 Å². The predicted molar refractivity (Wildman–Crippen MR) is 372 cm³/mol. The summed E-state index contributed by atoms with van der Waals surface area (Å²) in [6, 6.07) is -11.2. The second-order valence-corrected chi connectivity index (χ2v) is 28.2. The number of carboxylic acid groups (broad SMARTS) is 1. The van der Waals surface area contributed by atoms with Crippen LogP contribution in [0.5, 0.6) is 0 Å². The summed E-state index contributed by atoms with van der Waals surface area (Å²) in [4.78, 5) is 199. The number of rotatable bonds is 24. The normalized spacial score (nSPS) is 23.7. The number of carboxylic acids is 1. The highest BCUT2D eigenvalue weighted by molar-refractivity contribution is 6.00. The van der Waals surface area contributed by atoms with E-state index in [1.807, 2.05) is 10.6 Å². The molecule has 1 saturated carbocycles. The Labute approximate surface area is 612 Å². The number of cyclic esters (lactones) is 1. The quantitative estimate of drug-likeness (QED) is 0.0217. The standard InChI is InChI=1S/C65H107N15O19.C2HF3O2/c1-13-34(8)44-58(92)78-45(35(9)82)57(91)70-29-43(83)76-47(50(85)52(66)86)60(94)74-42(30-81)62(96)98-51(37-22-15-14-16-23-37)48(80-56(90)41(28-36-20-17-18-21-36)72-55(89)40(27-32(4)5)75-64(97)99-65(10,11)12)61(95)79-46(49(84)33(6)7)59(93)73-39(26-31(2)3)54(88)71-38(53(87)77-44)24-19-25-69-63(67)68;3-2(4,5)1(6)7/h14-16,22-23,31-36,38-42,44-51,81-82,84-85H,13,17-21,24-30H2,1-12H3,(H2,66,86)(H,70,91)(H,71,88)(H,72,89)(H,73,93)(H,74,94)(H,75,97)(H,76,83)(H,77,87)(H,78,92)(H,79,95)(H,80,90)(H4,67,68,69);(H,6,7)/t34-,35-,38+,39-,40+,41-,42-,44-,45-,46-,47-,48-,49+,50-,51+;/m0./s1. The van der Waals surface area contributed by atoms with Gasteiger partial charge in [-0.05, 0) is 95.0 Å². The zero-order valence-electron chi connectivity index (χ0n) is 61.6. The number of primary amides is 1. The monoisotopic (exact) mass is 1520 g/mol. The van der Waals surface area contributed by atoms with Crippen molar-refractivity contribution >= 4 is 89.0 Å². The number of amides is 12. The van der Waals surface area contributed by atoms with E-state index in [0.717, 1.165) is 19.8 Å². The molecular formula is C67H108F3N15O21. The number of guanidine groups is 1. The van der Waals surface area contributed by atoms with E-state index < -0.39 is 211 Å². The van der Waals surface area contributed by atoms with Crippen LogP contribution in [0.2, 0.25) is 0 Å². The molecule has 1 aliphatic heterocycles. The molecule has 1 aromatic rings. The van der Waals surface area contributed by atoms with E-state index >= 15 is 14.4 Å². The van der Waals surface area contributed by atoms with Crippen LogP contribution in [0.15, 0.2) is 35.3 Å². The molecule has 0 spiro atoms. The smallest absolute Gasteiger partial charge is 0.475 e. The van der Waals surface area contributed by atoms with E-state index in [1.165, 1.54) is 44.2 Å². The van der Waals surface area contributed by atoms with Gasteiger partial charge in [0, 0.05) is 6.54 Å². The Hall–Kier alpha value is -9.50. The first kappa shape index (κ1) is 92.6. The molecule has 0 bridgehead atoms. The number of esters is 1. The molecule has 0 unspecified atom stereocenters. The molecular weight excluding hydrogens is 1410 g/mol. The molecule has 1 aliphatic carbocycles. The van der Waals surface area contributed by atoms with Crippen LogP contribution < -0.4 is 75.7 Å². The Kier molecular flexibility index (Phi) is 38.3. The highest BCUT2D eigenvalue weighted by atomic mass is 19.4. The van der Waals surface area contributed by atoms with Crippen molar-refractivity contribution < 1.29 is 115 Å². The van der Waals surface area contributed by atoms with Crippen LogP contribution in [0, 0.1) is 29.6 Å². The number of nitrogens with two attached hydrogens (primary N) is 3. The van der Waals surface area contributed by atoms with Gasteiger partial charge in [-0.3, -0.25) is 57.7 Å². The Morgan fingerprint density at radius 2 is 1.20 bits per heavy atom. The summed E-state index contributed by atoms with van der Waals surface area (Å²) >= 11 is 0. The van der Waals surface area contributed by atoms with Crippen LogP contribution in [-0.4, -0.2) is 225 Å². The minimum absolute atomic E-state index is 0.0341. The molecule has 2 fully saturated rings. The van der Waals surface area contributed by atoms with E-state index in [-0.39, 0.29) is 68.4 Å². The molecule has 0 aromatic heterocycles. The first-order valence-corrected chi connectivity index (χ1v) is 34.8. The zero-order chi connectivity index (χ0) is 80.8. The average molecular weight is 1520 g/mol. The minimum Gasteiger partial charge on any atom is -0.475 e. The third kappa shape index (κ3) is 32.1. The van der Waals surface area contributed by atoms with Gasteiger partial charge in [-0.1, -0.05) is 118 Å². The molecule has 15 atom stereocenters. The van der Waals surface area contributed by atoms with Crippen molar-refractivity contribution in [2.24, 2.45) is 51.8 Å². The second kappa shape index (κ2) is 43.8. The SMILES string of the molecule is CC[C@H](C)[C@@H]1NC(=O)[C@@H](CCCN=C(N)N)NC(=O)[C@H](CC(C)C)NC(=O)[C@H]([C@H](O)C(C)C)NC(=O)[C@@H](NC(=O)[C@H](CC2CCCC2)NC(=O)[C@@H](CC(C)C)NC(=O)OC(C)(C)C)[C@@H](c2ccccc2)OC(=O)[C@H](CO)NC(=O)[C@H]([C@H](O)C(N)=O)NC(=O)CNC(=O)[C@H]([C@H](C)O)NC1=O.O=C(O)C(F)(F)F. The first-order chi connectivity index (χ1) is 49.2. The number of benzene rings is 1. The maximum atomic E-state index is 15.7. The van der Waals surface area contributed by atoms with Gasteiger partial charge in [0.15, 0.2) is 24.2 Å². The molecule has 598 valence electrons. The first-order valence-electron chi connectivity index (χ1n) is 34.8. The molecule has 39 heteroatoms. The maximum absolute atomic E-state index is 15.7. The Morgan fingerprint density at radius 1 is 0.660 bits per heavy atom. The fourth-order valence-electron chi connectivity index (χ4n) is 10.9. The summed E-state index contributed by atoms with van der Waals surface area (Å²) in [5.74, 6) is -20.3. The van der Waals surface area contributed by atoms with Gasteiger partial charge in [0.05, 0.1) is 25.4 Å². The number of carbonyl (C=O) groups excluding carboxylic acids is 13. The molecule has 0 radical (unpaired) electrons. The van der Waals surface area contributed by atoms with Crippen molar-refractivity contribution in [1.82, 2.24) is 58.5 Å². The van der Waals surface area contributed by atoms with Crippen LogP contribution in [-0.2, 0) is 71.8 Å². The molecule has 12 amide bonds. The highest BCUT2D eigenvalue weighted by Gasteiger charge is 2.45. The van der Waals surface area contributed by atoms with Gasteiger partial charge in [0.25, 0.3) is 0 Å². The minimum atomic E-state index is -5.08. The van der Waals surface area contributed by atoms with Crippen LogP contribution in [0.3, 0.4) is 0 Å². The summed E-state index contributed by atoms with van der Waals surface area (Å²) in [6.07, 6.45) is -11.6. The third-order valence-corrected chi connectivity index (χ3v) is 16.7. The van der Waals surface area contributed by atoms with Crippen molar-refractivity contribution in [3.05, 3.63) is 35.9 Å². The fraction of sp³-hybridized carbons (Fsp3) is 0.687. The third-order valence-electron chi connectivity index (χ3n) is 16.7. The number of halogens is 3. The van der Waals surface area contributed by atoms with Crippen LogP contribution in [0.1, 0.15) is 159 Å². The van der Waals surface area contributed by atoms with Crippen molar-refractivity contribution in [3.8, 4) is 0 Å². The number of hydrogen-bond donors (Lipinski definition) is 19. The van der Waals surface area contributed by atoms with Gasteiger partial charge >= 0.3 is 24.2 Å². The molecule has 1 aromatic carbocycles. The number of carbonyl (C=O) groups is 14. The Bertz CT molecular complexity index is 3190. The van der Waals surface area contributed by atoms with Crippen molar-refractivity contribution in [2.75, 3.05) is 19.7 Å². The van der Waals surface area contributed by atoms with Gasteiger partial charge < -0.3 is 111 Å². The van der Waals surface area contributed by atoms with E-state index in [0.29, 0.717) is 12.8 Å². The lowest BCUT2D eigenvalue weighted by Gasteiger charge is -2.34. The van der Waals surface area contributed by atoms with E-state index in [1.54, 1.807) is 62.3 Å². The molecule has 1 saturated heterocycles. The largest absolute Gasteiger partial charge is 0.490 e. The van der Waals surface area contributed by atoms with Gasteiger partial charge in [-0.25, -0.2) is 14.4 Å². The van der Waals surface area contributed by atoms with Crippen molar-refractivity contribution in [1.29, 1.82) is 0 Å². The van der Waals surface area contributed by atoms with Gasteiger partial charge in [-0.2, -0.15) is 13.2 Å². The molecule has 1 heterocycles. The Morgan fingerprint density at radius 3 is 1.71 bits per heavy atom. The highest BCUT2D eigenvalue weighted by Crippen LogP contribution is 2.30. The van der Waals surface area contributed by atoms with Crippen LogP contribution >= 0.6 is 0 Å². The molecule has 2 aliphatic rings. The Balaban J connectivity index is 0.00000517.